The summed E-state index contributed by atoms with van der Waals surface area (Å²) >= 11 is 2.21. The molecule has 0 saturated carbocycles. The van der Waals surface area contributed by atoms with Gasteiger partial charge >= 0.3 is 0 Å². The first kappa shape index (κ1) is 29.5. The van der Waals surface area contributed by atoms with Crippen LogP contribution < -0.4 is 9.46 Å². The molecule has 4 rings (SSSR count). The van der Waals surface area contributed by atoms with Gasteiger partial charge in [0.25, 0.3) is 20.0 Å². The van der Waals surface area contributed by atoms with Gasteiger partial charge in [-0.2, -0.15) is 4.31 Å². The third kappa shape index (κ3) is 6.64. The molecule has 1 aromatic carbocycles. The Kier molecular flexibility index (Phi) is 9.03. The maximum Gasteiger partial charge on any atom is 0.271 e. The average Bonchev–Trinajstić information content (AvgIpc) is 3.62. The number of carbonyl (C=O) groups excluding carboxylic acids is 1. The molecule has 0 spiro atoms. The van der Waals surface area contributed by atoms with Crippen LogP contribution in [0, 0.1) is 5.92 Å². The monoisotopic (exact) mass is 613 g/mol. The van der Waals surface area contributed by atoms with E-state index in [2.05, 4.69) is 4.72 Å². The quantitative estimate of drug-likeness (QED) is 0.379. The number of benzene rings is 1. The standard InChI is InChI=1S/C25H31N3O7S4/c1-17-14-28(18(2)16-29)23(30)13-19-12-20(26-38(31,32)24-6-4-10-36-24)8-9-21(19)35-22(17)15-27(3)39(33,34)25-7-5-11-37-25/h4-12,17-18,22,26,29H,13-16H2,1-3H3/t17-,18+,22+/m1/s1. The molecule has 2 aromatic heterocycles. The van der Waals surface area contributed by atoms with Crippen LogP contribution in [-0.2, 0) is 31.3 Å². The first-order valence-electron chi connectivity index (χ1n) is 12.2. The van der Waals surface area contributed by atoms with Crippen LogP contribution in [0.25, 0.3) is 0 Å². The lowest BCUT2D eigenvalue weighted by Gasteiger charge is -2.33. The van der Waals surface area contributed by atoms with Gasteiger partial charge in [-0.05, 0) is 48.0 Å². The molecule has 3 aromatic rings. The molecule has 0 fully saturated rings. The van der Waals surface area contributed by atoms with Crippen LogP contribution in [0.1, 0.15) is 19.4 Å². The lowest BCUT2D eigenvalue weighted by Crippen LogP contribution is -2.48. The van der Waals surface area contributed by atoms with Crippen LogP contribution in [0.2, 0.25) is 0 Å². The second kappa shape index (κ2) is 11.9. The summed E-state index contributed by atoms with van der Waals surface area (Å²) in [6, 6.07) is 10.6. The number of hydrogen-bond acceptors (Lipinski definition) is 9. The molecule has 212 valence electrons. The van der Waals surface area contributed by atoms with Gasteiger partial charge in [-0.1, -0.05) is 19.1 Å². The van der Waals surface area contributed by atoms with Crippen molar-refractivity contribution in [3.63, 3.8) is 0 Å². The largest absolute Gasteiger partial charge is 0.488 e. The third-order valence-corrected chi connectivity index (χ3v) is 12.5. The smallest absolute Gasteiger partial charge is 0.271 e. The molecule has 1 aliphatic heterocycles. The summed E-state index contributed by atoms with van der Waals surface area (Å²) in [5.74, 6) is -0.196. The van der Waals surface area contributed by atoms with Gasteiger partial charge in [-0.3, -0.25) is 9.52 Å². The van der Waals surface area contributed by atoms with E-state index in [1.165, 1.54) is 17.4 Å². The zero-order valence-corrected chi connectivity index (χ0v) is 24.9. The van der Waals surface area contributed by atoms with Crippen molar-refractivity contribution in [1.29, 1.82) is 0 Å². The molecular weight excluding hydrogens is 583 g/mol. The van der Waals surface area contributed by atoms with Gasteiger partial charge in [0.15, 0.2) is 0 Å². The highest BCUT2D eigenvalue weighted by Crippen LogP contribution is 2.31. The van der Waals surface area contributed by atoms with Crippen LogP contribution in [0.4, 0.5) is 5.69 Å². The highest BCUT2D eigenvalue weighted by molar-refractivity contribution is 7.94. The number of rotatable bonds is 9. The Hall–Kier alpha value is -2.49. The average molecular weight is 614 g/mol. The molecule has 0 saturated heterocycles. The lowest BCUT2D eigenvalue weighted by atomic mass is 10.0. The van der Waals surface area contributed by atoms with Crippen molar-refractivity contribution in [3.05, 3.63) is 58.8 Å². The summed E-state index contributed by atoms with van der Waals surface area (Å²) in [6.07, 6.45) is -0.728. The maximum atomic E-state index is 13.4. The minimum Gasteiger partial charge on any atom is -0.488 e. The summed E-state index contributed by atoms with van der Waals surface area (Å²) in [5.41, 5.74) is 0.714. The number of likely N-dealkylation sites (N-methyl/N-ethyl adjacent to an activating group) is 1. The van der Waals surface area contributed by atoms with E-state index < -0.39 is 32.2 Å². The first-order valence-corrected chi connectivity index (χ1v) is 16.9. The Balaban J connectivity index is 1.68. The molecule has 14 heteroatoms. The number of thiophene rings is 2. The Bertz CT molecular complexity index is 1490. The fourth-order valence-electron chi connectivity index (χ4n) is 4.25. The Morgan fingerprint density at radius 3 is 2.41 bits per heavy atom. The van der Waals surface area contributed by atoms with E-state index in [4.69, 9.17) is 4.74 Å². The van der Waals surface area contributed by atoms with Crippen molar-refractivity contribution in [1.82, 2.24) is 9.21 Å². The van der Waals surface area contributed by atoms with E-state index in [0.717, 1.165) is 22.7 Å². The number of aliphatic hydroxyl groups excluding tert-OH is 1. The Labute approximate surface area is 236 Å². The van der Waals surface area contributed by atoms with Crippen molar-refractivity contribution in [3.8, 4) is 5.75 Å². The molecule has 39 heavy (non-hydrogen) atoms. The predicted octanol–water partition coefficient (Wildman–Crippen LogP) is 3.08. The van der Waals surface area contributed by atoms with Gasteiger partial charge in [0.2, 0.25) is 5.91 Å². The molecule has 0 aliphatic carbocycles. The Morgan fingerprint density at radius 2 is 1.79 bits per heavy atom. The SMILES string of the molecule is C[C@@H]1CN([C@@H](C)CO)C(=O)Cc2cc(NS(=O)(=O)c3cccs3)ccc2O[C@H]1CN(C)S(=O)(=O)c1cccs1. The van der Waals surface area contributed by atoms with E-state index in [1.54, 1.807) is 59.0 Å². The molecular formula is C25H31N3O7S4. The number of sulfonamides is 2. The van der Waals surface area contributed by atoms with E-state index in [-0.39, 0.29) is 52.0 Å². The highest BCUT2D eigenvalue weighted by atomic mass is 32.3. The predicted molar refractivity (Wildman–Crippen MR) is 151 cm³/mol. The number of nitrogens with one attached hydrogen (secondary N) is 1. The van der Waals surface area contributed by atoms with Crippen LogP contribution in [0.5, 0.6) is 5.75 Å². The van der Waals surface area contributed by atoms with Gasteiger partial charge < -0.3 is 14.7 Å². The second-order valence-corrected chi connectivity index (χ2v) is 15.5. The van der Waals surface area contributed by atoms with Crippen molar-refractivity contribution < 1.29 is 31.5 Å². The van der Waals surface area contributed by atoms with Crippen molar-refractivity contribution >= 4 is 54.3 Å². The van der Waals surface area contributed by atoms with Gasteiger partial charge in [0.1, 0.15) is 20.3 Å². The normalized spacial score (nSPS) is 19.5. The number of hydrogen-bond donors (Lipinski definition) is 2. The number of aliphatic hydroxyl groups is 1. The summed E-state index contributed by atoms with van der Waals surface area (Å²) in [6.45, 7) is 3.62. The molecule has 0 bridgehead atoms. The fraction of sp³-hybridized carbons (Fsp3) is 0.400. The van der Waals surface area contributed by atoms with Crippen LogP contribution >= 0.6 is 22.7 Å². The molecule has 3 heterocycles. The summed E-state index contributed by atoms with van der Waals surface area (Å²) in [7, 11) is -6.07. The van der Waals surface area contributed by atoms with Crippen molar-refractivity contribution in [2.75, 3.05) is 31.5 Å². The van der Waals surface area contributed by atoms with Crippen molar-refractivity contribution in [2.45, 2.75) is 40.8 Å². The summed E-state index contributed by atoms with van der Waals surface area (Å²) < 4.78 is 62.3. The van der Waals surface area contributed by atoms with E-state index in [0.29, 0.717) is 11.3 Å². The molecule has 1 amide bonds. The van der Waals surface area contributed by atoms with Crippen LogP contribution in [0.15, 0.2) is 61.6 Å². The van der Waals surface area contributed by atoms with Crippen LogP contribution in [-0.4, -0.2) is 75.9 Å². The van der Waals surface area contributed by atoms with E-state index in [9.17, 15) is 26.7 Å². The molecule has 0 unspecified atom stereocenters. The third-order valence-electron chi connectivity index (χ3n) is 6.53. The topological polar surface area (TPSA) is 133 Å². The van der Waals surface area contributed by atoms with Crippen LogP contribution in [0.3, 0.4) is 0 Å². The summed E-state index contributed by atoms with van der Waals surface area (Å²) in [5, 5.41) is 13.2. The first-order chi connectivity index (χ1) is 18.4. The fourth-order valence-corrected chi connectivity index (χ4v) is 8.67. The van der Waals surface area contributed by atoms with Gasteiger partial charge in [-0.25, -0.2) is 16.8 Å². The molecule has 3 atom stereocenters. The second-order valence-electron chi connectivity index (χ2n) is 9.47. The number of ether oxygens (including phenoxy) is 1. The van der Waals surface area contributed by atoms with E-state index >= 15 is 0 Å². The zero-order chi connectivity index (χ0) is 28.4. The highest BCUT2D eigenvalue weighted by Gasteiger charge is 2.34. The molecule has 10 nitrogen and oxygen atoms in total. The lowest BCUT2D eigenvalue weighted by molar-refractivity contribution is -0.134. The molecule has 2 N–H and O–H groups in total. The zero-order valence-electron chi connectivity index (χ0n) is 21.7. The number of amides is 1. The number of carbonyl (C=O) groups is 1. The number of nitrogens with zero attached hydrogens (tertiary/aromatic N) is 2. The Morgan fingerprint density at radius 1 is 1.13 bits per heavy atom. The molecule has 0 radical (unpaired) electrons. The minimum atomic E-state index is -3.81. The maximum absolute atomic E-state index is 13.4. The van der Waals surface area contributed by atoms with E-state index in [1.807, 2.05) is 6.92 Å². The molecule has 1 aliphatic rings. The van der Waals surface area contributed by atoms with Gasteiger partial charge in [0, 0.05) is 30.8 Å². The van der Waals surface area contributed by atoms with Gasteiger partial charge in [-0.15, -0.1) is 22.7 Å². The number of anilines is 1. The minimum absolute atomic E-state index is 0.0170. The van der Waals surface area contributed by atoms with Crippen molar-refractivity contribution in [2.24, 2.45) is 5.92 Å². The van der Waals surface area contributed by atoms with Gasteiger partial charge in [0.05, 0.1) is 25.6 Å². The number of fused-ring (bicyclic) bond motifs is 1. The summed E-state index contributed by atoms with van der Waals surface area (Å²) in [4.78, 5) is 14.9.